The second-order valence-corrected chi connectivity index (χ2v) is 4.64. The number of rotatable bonds is 2. The summed E-state index contributed by atoms with van der Waals surface area (Å²) in [4.78, 5) is 2.93. The lowest BCUT2D eigenvalue weighted by molar-refractivity contribution is 0.415. The molecule has 2 rings (SSSR count). The highest BCUT2D eigenvalue weighted by Gasteiger charge is 2.14. The van der Waals surface area contributed by atoms with Crippen molar-refractivity contribution in [1.82, 2.24) is 4.98 Å². The van der Waals surface area contributed by atoms with Crippen molar-refractivity contribution in [3.05, 3.63) is 24.4 Å². The van der Waals surface area contributed by atoms with E-state index in [0.717, 1.165) is 0 Å². The Hall–Kier alpha value is -1.53. The van der Waals surface area contributed by atoms with Crippen LogP contribution in [-0.2, 0) is 10.0 Å². The fourth-order valence-corrected chi connectivity index (χ4v) is 2.15. The van der Waals surface area contributed by atoms with Crippen molar-refractivity contribution >= 4 is 20.9 Å². The van der Waals surface area contributed by atoms with E-state index in [4.69, 9.17) is 9.88 Å². The minimum Gasteiger partial charge on any atom is -0.497 e. The maximum atomic E-state index is 11.2. The van der Waals surface area contributed by atoms with E-state index in [0.29, 0.717) is 16.7 Å². The summed E-state index contributed by atoms with van der Waals surface area (Å²) < 4.78 is 27.4. The van der Waals surface area contributed by atoms with E-state index < -0.39 is 10.0 Å². The summed E-state index contributed by atoms with van der Waals surface area (Å²) in [5.74, 6) is 0.658. The molecule has 0 radical (unpaired) electrons. The molecule has 15 heavy (non-hydrogen) atoms. The van der Waals surface area contributed by atoms with Crippen LogP contribution in [0.2, 0.25) is 0 Å². The number of hydrogen-bond acceptors (Lipinski definition) is 3. The fraction of sp³-hybridized carbons (Fsp3) is 0.111. The zero-order valence-electron chi connectivity index (χ0n) is 8.02. The maximum absolute atomic E-state index is 11.2. The van der Waals surface area contributed by atoms with Crippen LogP contribution < -0.4 is 9.88 Å². The summed E-state index contributed by atoms with van der Waals surface area (Å²) in [6, 6.07) is 5.05. The molecule has 6 heteroatoms. The summed E-state index contributed by atoms with van der Waals surface area (Å²) in [5, 5.41) is 5.63. The molecule has 5 nitrogen and oxygen atoms in total. The number of hydrogen-bond donors (Lipinski definition) is 2. The predicted octanol–water partition coefficient (Wildman–Crippen LogP) is 0.824. The standard InChI is InChI=1S/C9H10N2O3S/c1-14-6-2-3-7-8(4-6)11-5-9(7)15(10,12)13/h2-5,11H,1H3,(H2,10,12,13). The molecule has 0 unspecified atom stereocenters. The Morgan fingerprint density at radius 3 is 2.73 bits per heavy atom. The molecule has 2 aromatic rings. The van der Waals surface area contributed by atoms with E-state index in [-0.39, 0.29) is 4.90 Å². The number of H-pyrrole nitrogens is 1. The van der Waals surface area contributed by atoms with Gasteiger partial charge in [0.25, 0.3) is 0 Å². The van der Waals surface area contributed by atoms with E-state index in [2.05, 4.69) is 4.98 Å². The van der Waals surface area contributed by atoms with E-state index in [1.165, 1.54) is 6.20 Å². The third-order valence-corrected chi connectivity index (χ3v) is 3.11. The number of aromatic amines is 1. The number of primary sulfonamides is 1. The third-order valence-electron chi connectivity index (χ3n) is 2.16. The van der Waals surface area contributed by atoms with Gasteiger partial charge in [-0.1, -0.05) is 0 Å². The number of ether oxygens (including phenoxy) is 1. The largest absolute Gasteiger partial charge is 0.497 e. The van der Waals surface area contributed by atoms with Crippen molar-refractivity contribution < 1.29 is 13.2 Å². The monoisotopic (exact) mass is 226 g/mol. The first kappa shape index (κ1) is 10.0. The molecule has 0 spiro atoms. The van der Waals surface area contributed by atoms with Crippen LogP contribution in [0.15, 0.2) is 29.3 Å². The van der Waals surface area contributed by atoms with Gasteiger partial charge in [0.15, 0.2) is 0 Å². The number of aromatic nitrogens is 1. The highest BCUT2D eigenvalue weighted by Crippen LogP contribution is 2.25. The Morgan fingerprint density at radius 1 is 1.40 bits per heavy atom. The predicted molar refractivity (Wildman–Crippen MR) is 56.2 cm³/mol. The number of methoxy groups -OCH3 is 1. The molecule has 0 aliphatic heterocycles. The smallest absolute Gasteiger partial charge is 0.240 e. The van der Waals surface area contributed by atoms with Crippen molar-refractivity contribution in [2.45, 2.75) is 4.90 Å². The van der Waals surface area contributed by atoms with Gasteiger partial charge in [0.1, 0.15) is 10.6 Å². The second kappa shape index (κ2) is 3.25. The van der Waals surface area contributed by atoms with E-state index in [1.54, 1.807) is 25.3 Å². The Kier molecular flexibility index (Phi) is 2.17. The summed E-state index contributed by atoms with van der Waals surface area (Å²) in [5.41, 5.74) is 0.679. The summed E-state index contributed by atoms with van der Waals surface area (Å²) in [7, 11) is -2.13. The van der Waals surface area contributed by atoms with Gasteiger partial charge in [0, 0.05) is 17.6 Å². The molecule has 0 amide bonds. The van der Waals surface area contributed by atoms with Gasteiger partial charge in [-0.05, 0) is 12.1 Å². The van der Waals surface area contributed by atoms with Gasteiger partial charge < -0.3 is 9.72 Å². The van der Waals surface area contributed by atoms with Crippen molar-refractivity contribution in [2.75, 3.05) is 7.11 Å². The summed E-state index contributed by atoms with van der Waals surface area (Å²) in [6.07, 6.45) is 1.37. The molecule has 0 aliphatic carbocycles. The zero-order valence-corrected chi connectivity index (χ0v) is 8.84. The highest BCUT2D eigenvalue weighted by atomic mass is 32.2. The van der Waals surface area contributed by atoms with Crippen molar-refractivity contribution in [3.8, 4) is 5.75 Å². The molecule has 0 saturated carbocycles. The Labute approximate surface area is 86.9 Å². The molecule has 80 valence electrons. The number of sulfonamides is 1. The number of nitrogens with one attached hydrogen (secondary N) is 1. The van der Waals surface area contributed by atoms with Crippen LogP contribution >= 0.6 is 0 Å². The van der Waals surface area contributed by atoms with Crippen molar-refractivity contribution in [3.63, 3.8) is 0 Å². The molecule has 0 saturated heterocycles. The van der Waals surface area contributed by atoms with Crippen LogP contribution in [0, 0.1) is 0 Å². The highest BCUT2D eigenvalue weighted by molar-refractivity contribution is 7.89. The van der Waals surface area contributed by atoms with Gasteiger partial charge >= 0.3 is 0 Å². The molecule has 0 bridgehead atoms. The third kappa shape index (κ3) is 1.69. The van der Waals surface area contributed by atoms with Crippen molar-refractivity contribution in [1.29, 1.82) is 0 Å². The summed E-state index contributed by atoms with van der Waals surface area (Å²) in [6.45, 7) is 0. The van der Waals surface area contributed by atoms with Crippen LogP contribution in [-0.4, -0.2) is 20.5 Å². The molecule has 0 fully saturated rings. The molecule has 1 aromatic carbocycles. The summed E-state index contributed by atoms with van der Waals surface area (Å²) >= 11 is 0. The van der Waals surface area contributed by atoms with Gasteiger partial charge in [-0.2, -0.15) is 0 Å². The average molecular weight is 226 g/mol. The van der Waals surface area contributed by atoms with Crippen LogP contribution in [0.3, 0.4) is 0 Å². The fourth-order valence-electron chi connectivity index (χ4n) is 1.44. The van der Waals surface area contributed by atoms with Gasteiger partial charge in [0.2, 0.25) is 10.0 Å². The number of benzene rings is 1. The first-order chi connectivity index (χ1) is 7.02. The van der Waals surface area contributed by atoms with Gasteiger partial charge in [-0.25, -0.2) is 13.6 Å². The zero-order chi connectivity index (χ0) is 11.1. The first-order valence-corrected chi connectivity index (χ1v) is 5.75. The quantitative estimate of drug-likeness (QED) is 0.795. The van der Waals surface area contributed by atoms with Gasteiger partial charge in [0.05, 0.1) is 12.6 Å². The van der Waals surface area contributed by atoms with E-state index in [9.17, 15) is 8.42 Å². The molecular weight excluding hydrogens is 216 g/mol. The lowest BCUT2D eigenvalue weighted by Gasteiger charge is -1.99. The van der Waals surface area contributed by atoms with E-state index >= 15 is 0 Å². The van der Waals surface area contributed by atoms with Crippen LogP contribution in [0.25, 0.3) is 10.9 Å². The molecule has 1 aromatic heterocycles. The second-order valence-electron chi connectivity index (χ2n) is 3.11. The van der Waals surface area contributed by atoms with Crippen molar-refractivity contribution in [2.24, 2.45) is 5.14 Å². The Balaban J connectivity index is 2.73. The van der Waals surface area contributed by atoms with Gasteiger partial charge in [-0.15, -0.1) is 0 Å². The molecule has 1 heterocycles. The number of fused-ring (bicyclic) bond motifs is 1. The molecule has 0 aliphatic rings. The van der Waals surface area contributed by atoms with Crippen LogP contribution in [0.4, 0.5) is 0 Å². The SMILES string of the molecule is COc1ccc2c(S(N)(=O)=O)c[nH]c2c1. The topological polar surface area (TPSA) is 85.2 Å². The minimum atomic E-state index is -3.68. The first-order valence-electron chi connectivity index (χ1n) is 4.20. The number of nitrogens with two attached hydrogens (primary N) is 1. The molecular formula is C9H10N2O3S. The Bertz CT molecular complexity index is 601. The molecule has 3 N–H and O–H groups in total. The van der Waals surface area contributed by atoms with Crippen LogP contribution in [0.5, 0.6) is 5.75 Å². The minimum absolute atomic E-state index is 0.0974. The normalized spacial score (nSPS) is 11.9. The molecule has 0 atom stereocenters. The maximum Gasteiger partial charge on any atom is 0.240 e. The lowest BCUT2D eigenvalue weighted by Crippen LogP contribution is -2.11. The lowest BCUT2D eigenvalue weighted by atomic mass is 10.2. The Morgan fingerprint density at radius 2 is 2.13 bits per heavy atom. The van der Waals surface area contributed by atoms with E-state index in [1.807, 2.05) is 0 Å². The van der Waals surface area contributed by atoms with Gasteiger partial charge in [-0.3, -0.25) is 0 Å². The average Bonchev–Trinajstić information content (AvgIpc) is 2.59. The van der Waals surface area contributed by atoms with Crippen LogP contribution in [0.1, 0.15) is 0 Å².